The second-order valence-corrected chi connectivity index (χ2v) is 7.95. The highest BCUT2D eigenvalue weighted by atomic mass is 127. The lowest BCUT2D eigenvalue weighted by atomic mass is 10.2. The summed E-state index contributed by atoms with van der Waals surface area (Å²) in [5.41, 5.74) is 2.39. The number of urea groups is 1. The van der Waals surface area contributed by atoms with Gasteiger partial charge in [-0.25, -0.2) is 13.6 Å². The Kier molecular flexibility index (Phi) is 8.01. The molecule has 0 aromatic heterocycles. The Morgan fingerprint density at radius 2 is 1.33 bits per heavy atom. The molecule has 3 aromatic carbocycles. The maximum absolute atomic E-state index is 13.3. The summed E-state index contributed by atoms with van der Waals surface area (Å²) >= 11 is 2.21. The predicted octanol–water partition coefficient (Wildman–Crippen LogP) is 6.31. The van der Waals surface area contributed by atoms with Crippen molar-refractivity contribution >= 4 is 45.7 Å². The number of halogens is 3. The van der Waals surface area contributed by atoms with Crippen LogP contribution < -0.4 is 15.5 Å². The number of carbonyl (C=O) groups is 1. The molecule has 4 nitrogen and oxygen atoms in total. The van der Waals surface area contributed by atoms with Crippen LogP contribution in [-0.4, -0.2) is 19.1 Å². The van der Waals surface area contributed by atoms with Crippen molar-refractivity contribution in [3.63, 3.8) is 0 Å². The average Bonchev–Trinajstić information content (AvgIpc) is 2.74. The third kappa shape index (κ3) is 6.69. The van der Waals surface area contributed by atoms with Gasteiger partial charge in [-0.05, 0) is 108 Å². The van der Waals surface area contributed by atoms with Crippen LogP contribution in [0.15, 0.2) is 72.8 Å². The van der Waals surface area contributed by atoms with Gasteiger partial charge in [0.1, 0.15) is 11.6 Å². The first-order valence-corrected chi connectivity index (χ1v) is 10.7. The Hall–Kier alpha value is -2.68. The standard InChI is InChI=1S/C23H22F2IN3O/c24-17-3-11-21(12-4-17)29(22-13-5-18(25)6-14-22)16-2-1-15-27-23(30)28-20-9-7-19(26)8-10-20/h3-14H,1-2,15-16H2,(H2,27,28,30). The minimum atomic E-state index is -0.304. The number of benzene rings is 3. The zero-order valence-corrected chi connectivity index (χ0v) is 18.4. The first-order chi connectivity index (χ1) is 14.5. The van der Waals surface area contributed by atoms with E-state index in [0.717, 1.165) is 33.5 Å². The minimum absolute atomic E-state index is 0.245. The first-order valence-electron chi connectivity index (χ1n) is 9.60. The molecule has 0 saturated carbocycles. The number of hydrogen-bond acceptors (Lipinski definition) is 2. The summed E-state index contributed by atoms with van der Waals surface area (Å²) in [6.45, 7) is 1.18. The van der Waals surface area contributed by atoms with Crippen LogP contribution in [0.5, 0.6) is 0 Å². The molecule has 30 heavy (non-hydrogen) atoms. The van der Waals surface area contributed by atoms with Crippen LogP contribution in [0.1, 0.15) is 12.8 Å². The van der Waals surface area contributed by atoms with E-state index < -0.39 is 0 Å². The van der Waals surface area contributed by atoms with Crippen LogP contribution in [0.4, 0.5) is 30.6 Å². The highest BCUT2D eigenvalue weighted by Crippen LogP contribution is 2.26. The molecule has 7 heteroatoms. The van der Waals surface area contributed by atoms with E-state index in [-0.39, 0.29) is 17.7 Å². The van der Waals surface area contributed by atoms with Crippen LogP contribution in [0.25, 0.3) is 0 Å². The van der Waals surface area contributed by atoms with Gasteiger partial charge in [0, 0.05) is 33.7 Å². The van der Waals surface area contributed by atoms with Crippen molar-refractivity contribution in [1.82, 2.24) is 5.32 Å². The number of hydrogen-bond donors (Lipinski definition) is 2. The molecule has 3 rings (SSSR count). The van der Waals surface area contributed by atoms with E-state index in [0.29, 0.717) is 13.1 Å². The number of carbonyl (C=O) groups excluding carboxylic acids is 1. The Morgan fingerprint density at radius 3 is 1.87 bits per heavy atom. The van der Waals surface area contributed by atoms with E-state index in [1.165, 1.54) is 24.3 Å². The second kappa shape index (κ2) is 10.9. The highest BCUT2D eigenvalue weighted by Gasteiger charge is 2.10. The van der Waals surface area contributed by atoms with Gasteiger partial charge in [-0.15, -0.1) is 0 Å². The first kappa shape index (κ1) is 22.0. The number of amides is 2. The van der Waals surface area contributed by atoms with Gasteiger partial charge in [-0.1, -0.05) is 0 Å². The van der Waals surface area contributed by atoms with Crippen molar-refractivity contribution in [3.05, 3.63) is 88.0 Å². The molecule has 156 valence electrons. The summed E-state index contributed by atoms with van der Waals surface area (Å²) in [4.78, 5) is 14.0. The molecule has 0 unspecified atom stereocenters. The second-order valence-electron chi connectivity index (χ2n) is 6.70. The van der Waals surface area contributed by atoms with Crippen molar-refractivity contribution in [2.45, 2.75) is 12.8 Å². The summed E-state index contributed by atoms with van der Waals surface area (Å²) in [5.74, 6) is -0.609. The fourth-order valence-corrected chi connectivity index (χ4v) is 3.31. The van der Waals surface area contributed by atoms with Crippen LogP contribution in [0, 0.1) is 15.2 Å². The number of rotatable bonds is 8. The van der Waals surface area contributed by atoms with Gasteiger partial charge in [0.05, 0.1) is 0 Å². The Labute approximate surface area is 188 Å². The molecule has 0 aliphatic heterocycles. The van der Waals surface area contributed by atoms with Gasteiger partial charge in [0.25, 0.3) is 0 Å². The summed E-state index contributed by atoms with van der Waals surface area (Å²) < 4.78 is 27.7. The van der Waals surface area contributed by atoms with E-state index in [2.05, 4.69) is 33.2 Å². The average molecular weight is 521 g/mol. The van der Waals surface area contributed by atoms with Crippen LogP contribution in [-0.2, 0) is 0 Å². The fraction of sp³-hybridized carbons (Fsp3) is 0.174. The SMILES string of the molecule is O=C(NCCCCN(c1ccc(F)cc1)c1ccc(F)cc1)Nc1ccc(I)cc1. The molecule has 0 spiro atoms. The minimum Gasteiger partial charge on any atom is -0.341 e. The van der Waals surface area contributed by atoms with Crippen molar-refractivity contribution < 1.29 is 13.6 Å². The lowest BCUT2D eigenvalue weighted by Gasteiger charge is -2.25. The molecule has 2 N–H and O–H groups in total. The molecule has 2 amide bonds. The Balaban J connectivity index is 1.50. The molecule has 0 aliphatic carbocycles. The molecule has 0 bridgehead atoms. The summed E-state index contributed by atoms with van der Waals surface area (Å²) in [6.07, 6.45) is 1.55. The van der Waals surface area contributed by atoms with Crippen LogP contribution in [0.2, 0.25) is 0 Å². The van der Waals surface area contributed by atoms with Gasteiger partial charge in [-0.3, -0.25) is 0 Å². The van der Waals surface area contributed by atoms with E-state index >= 15 is 0 Å². The van der Waals surface area contributed by atoms with E-state index in [4.69, 9.17) is 0 Å². The molecule has 0 fully saturated rings. The Morgan fingerprint density at radius 1 is 0.800 bits per heavy atom. The number of unbranched alkanes of at least 4 members (excludes halogenated alkanes) is 1. The number of nitrogens with one attached hydrogen (secondary N) is 2. The molecule has 0 atom stereocenters. The lowest BCUT2D eigenvalue weighted by Crippen LogP contribution is -2.30. The van der Waals surface area contributed by atoms with Gasteiger partial charge in [0.15, 0.2) is 0 Å². The number of nitrogens with zero attached hydrogens (tertiary/aromatic N) is 1. The quantitative estimate of drug-likeness (QED) is 0.270. The van der Waals surface area contributed by atoms with Crippen molar-refractivity contribution in [2.75, 3.05) is 23.3 Å². The van der Waals surface area contributed by atoms with E-state index in [9.17, 15) is 13.6 Å². The number of anilines is 3. The zero-order valence-electron chi connectivity index (χ0n) is 16.2. The third-order valence-corrected chi connectivity index (χ3v) is 5.19. The van der Waals surface area contributed by atoms with Gasteiger partial charge in [-0.2, -0.15) is 0 Å². The van der Waals surface area contributed by atoms with Crippen LogP contribution >= 0.6 is 22.6 Å². The molecule has 3 aromatic rings. The van der Waals surface area contributed by atoms with Crippen LogP contribution in [0.3, 0.4) is 0 Å². The van der Waals surface area contributed by atoms with E-state index in [1.807, 2.05) is 29.2 Å². The Bertz CT molecular complexity index is 902. The van der Waals surface area contributed by atoms with Crippen molar-refractivity contribution in [1.29, 1.82) is 0 Å². The maximum Gasteiger partial charge on any atom is 0.319 e. The highest BCUT2D eigenvalue weighted by molar-refractivity contribution is 14.1. The summed E-state index contributed by atoms with van der Waals surface area (Å²) in [5, 5.41) is 5.64. The van der Waals surface area contributed by atoms with E-state index in [1.54, 1.807) is 24.3 Å². The molecule has 0 aliphatic rings. The summed E-state index contributed by atoms with van der Waals surface area (Å²) in [6, 6.07) is 19.7. The maximum atomic E-state index is 13.3. The normalized spacial score (nSPS) is 10.5. The largest absolute Gasteiger partial charge is 0.341 e. The molecule has 0 radical (unpaired) electrons. The summed E-state index contributed by atoms with van der Waals surface area (Å²) in [7, 11) is 0. The van der Waals surface area contributed by atoms with Gasteiger partial charge >= 0.3 is 6.03 Å². The zero-order chi connectivity index (χ0) is 21.3. The molecular formula is C23H22F2IN3O. The molecular weight excluding hydrogens is 499 g/mol. The molecule has 0 saturated heterocycles. The fourth-order valence-electron chi connectivity index (χ4n) is 2.95. The van der Waals surface area contributed by atoms with Gasteiger partial charge in [0.2, 0.25) is 0 Å². The monoisotopic (exact) mass is 521 g/mol. The smallest absolute Gasteiger partial charge is 0.319 e. The topological polar surface area (TPSA) is 44.4 Å². The lowest BCUT2D eigenvalue weighted by molar-refractivity contribution is 0.252. The molecule has 0 heterocycles. The van der Waals surface area contributed by atoms with Crippen molar-refractivity contribution in [3.8, 4) is 0 Å². The van der Waals surface area contributed by atoms with Gasteiger partial charge < -0.3 is 15.5 Å². The third-order valence-electron chi connectivity index (χ3n) is 4.47. The van der Waals surface area contributed by atoms with Crippen molar-refractivity contribution in [2.24, 2.45) is 0 Å². The predicted molar refractivity (Wildman–Crippen MR) is 125 cm³/mol.